The molecule has 0 aromatic heterocycles. The topological polar surface area (TPSA) is 138 Å². The van der Waals surface area contributed by atoms with Gasteiger partial charge in [0, 0.05) is 56.0 Å². The predicted octanol–water partition coefficient (Wildman–Crippen LogP) is 9.97. The van der Waals surface area contributed by atoms with E-state index in [2.05, 4.69) is 76.3 Å². The molecule has 0 aromatic carbocycles. The number of ether oxygens (including phenoxy) is 5. The molecule has 11 nitrogen and oxygen atoms in total. The number of esters is 1. The normalized spacial score (nSPS) is 41.5. The molecule has 1 aliphatic carbocycles. The number of fused-ring (bicyclic) bond motifs is 3. The van der Waals surface area contributed by atoms with Crippen LogP contribution < -0.4 is 0 Å². The molecule has 12 heteroatoms. The second kappa shape index (κ2) is 25.9. The lowest BCUT2D eigenvalue weighted by molar-refractivity contribution is -0.265. The number of piperidine rings is 1. The average Bonchev–Trinajstić information content (AvgIpc) is 3.28. The van der Waals surface area contributed by atoms with Gasteiger partial charge in [-0.2, -0.15) is 0 Å². The number of aliphatic hydroxyl groups is 1. The van der Waals surface area contributed by atoms with Crippen LogP contribution in [0.3, 0.4) is 0 Å². The number of carbonyl (C=O) groups excluding carboxylic acids is 4. The fourth-order valence-electron chi connectivity index (χ4n) is 10.7. The Bertz CT molecular complexity index is 1710. The van der Waals surface area contributed by atoms with E-state index in [1.54, 1.807) is 28.3 Å². The van der Waals surface area contributed by atoms with E-state index < -0.39 is 53.7 Å². The van der Waals surface area contributed by atoms with Crippen molar-refractivity contribution in [2.45, 2.75) is 186 Å². The van der Waals surface area contributed by atoms with Crippen molar-refractivity contribution in [1.29, 1.82) is 0 Å². The predicted molar refractivity (Wildman–Crippen MR) is 264 cm³/mol. The summed E-state index contributed by atoms with van der Waals surface area (Å²) in [6.45, 7) is 18.7. The fraction of sp³-hybridized carbons (Fsp3) is 0.774. The molecule has 16 atom stereocenters. The third-order valence-electron chi connectivity index (χ3n) is 15.4. The van der Waals surface area contributed by atoms with Gasteiger partial charge in [-0.15, -0.1) is 0 Å². The first-order valence-electron chi connectivity index (χ1n) is 24.7. The summed E-state index contributed by atoms with van der Waals surface area (Å²) in [5.74, 6) is -4.57. The number of ketones is 2. The molecule has 1 unspecified atom stereocenters. The highest BCUT2D eigenvalue weighted by atomic mass is 127. The lowest BCUT2D eigenvalue weighted by atomic mass is 9.76. The van der Waals surface area contributed by atoms with E-state index in [1.807, 2.05) is 38.2 Å². The molecule has 1 amide bonds. The Kier molecular flexibility index (Phi) is 22.1. The van der Waals surface area contributed by atoms with Gasteiger partial charge in [0.1, 0.15) is 18.2 Å². The van der Waals surface area contributed by atoms with Crippen LogP contribution in [0.15, 0.2) is 47.6 Å². The van der Waals surface area contributed by atoms with E-state index in [4.69, 9.17) is 23.7 Å². The van der Waals surface area contributed by atoms with Crippen LogP contribution in [0.5, 0.6) is 0 Å². The minimum atomic E-state index is -2.35. The fourth-order valence-corrected chi connectivity index (χ4v) is 11.4. The van der Waals surface area contributed by atoms with Gasteiger partial charge in [0.25, 0.3) is 11.7 Å². The van der Waals surface area contributed by atoms with Crippen LogP contribution in [0, 0.1) is 47.3 Å². The van der Waals surface area contributed by atoms with Crippen molar-refractivity contribution < 1.29 is 48.0 Å². The number of alkyl halides is 1. The molecule has 65 heavy (non-hydrogen) atoms. The first-order chi connectivity index (χ1) is 30.7. The van der Waals surface area contributed by atoms with Crippen molar-refractivity contribution in [3.8, 4) is 0 Å². The quantitative estimate of drug-likeness (QED) is 0.0900. The molecular weight excluding hydrogens is 937 g/mol. The standard InChI is InChI=1S/C53H84INO10/c1-32-18-14-13-15-19-33(2)46(62-11)30-42-24-22-39(8)53(60,65-42)50(57)51(58)55-25-17-16-20-44(55)52(59)64-47(37(6)28-41-23-21-34(3)45(29-41)61-10)31-43(54)36(5)27-35(4)40(9)49(63-12)48(56)38(7)26-32/h13-15,18-19,27,32,34,36-47,49,60H,16-17,20-26,28-31H2,1-12H3/b15-13+,18-14+,33-19+,35-27+/t32-,34-,36-,37-,38-,39-,40-,41+,42?,43+,44+,45-,46+,47+,49-,53-/m1/s1. The molecule has 3 fully saturated rings. The Morgan fingerprint density at radius 2 is 1.57 bits per heavy atom. The third kappa shape index (κ3) is 14.9. The number of rotatable bonds is 6. The number of carbonyl (C=O) groups is 4. The SMILES string of the molecule is CO[C@H]1CC2CC[C@@H](C)[C@@](O)(O2)C(=O)C(=O)N2CCCC[C@H]2C(=O)O[C@H]([C@H](C)C[C@@H]2CC[C@@H](C)[C@H](OC)C2)C[C@H](I)[C@H](C)/C=C(\C)[C@@H](C)[C@@H](OC)C(=O)[C@H](C)C[C@H](C)/C=C/C=C/C=C/1C. The lowest BCUT2D eigenvalue weighted by Gasteiger charge is -2.43. The minimum Gasteiger partial charge on any atom is -0.461 e. The van der Waals surface area contributed by atoms with E-state index in [-0.39, 0.29) is 58.1 Å². The monoisotopic (exact) mass is 1020 g/mol. The van der Waals surface area contributed by atoms with E-state index in [9.17, 15) is 24.3 Å². The van der Waals surface area contributed by atoms with E-state index in [1.165, 1.54) is 4.90 Å². The zero-order valence-corrected chi connectivity index (χ0v) is 43.9. The van der Waals surface area contributed by atoms with Crippen molar-refractivity contribution >= 4 is 46.0 Å². The molecule has 0 radical (unpaired) electrons. The van der Waals surface area contributed by atoms with Crippen molar-refractivity contribution in [2.75, 3.05) is 27.9 Å². The Balaban J connectivity index is 1.70. The summed E-state index contributed by atoms with van der Waals surface area (Å²) in [5.41, 5.74) is 2.00. The number of hydrogen-bond donors (Lipinski definition) is 1. The first kappa shape index (κ1) is 55.4. The number of Topliss-reactive ketones (excluding diaryl/α,β-unsaturated/α-hetero) is 2. The highest BCUT2D eigenvalue weighted by Crippen LogP contribution is 2.39. The summed E-state index contributed by atoms with van der Waals surface area (Å²) in [6, 6.07) is -0.965. The molecule has 0 aromatic rings. The number of hydrogen-bond acceptors (Lipinski definition) is 10. The van der Waals surface area contributed by atoms with Gasteiger partial charge in [0.05, 0.1) is 18.3 Å². The molecule has 368 valence electrons. The number of amides is 1. The van der Waals surface area contributed by atoms with Gasteiger partial charge < -0.3 is 33.7 Å². The van der Waals surface area contributed by atoms with Crippen molar-refractivity contribution in [2.24, 2.45) is 47.3 Å². The zero-order chi connectivity index (χ0) is 48.2. The summed E-state index contributed by atoms with van der Waals surface area (Å²) >= 11 is 2.47. The van der Waals surface area contributed by atoms with Crippen LogP contribution in [0.2, 0.25) is 0 Å². The Morgan fingerprint density at radius 3 is 2.25 bits per heavy atom. The van der Waals surface area contributed by atoms with Gasteiger partial charge in [-0.1, -0.05) is 113 Å². The van der Waals surface area contributed by atoms with Gasteiger partial charge in [0.2, 0.25) is 5.79 Å². The maximum absolute atomic E-state index is 14.5. The minimum absolute atomic E-state index is 0.0101. The van der Waals surface area contributed by atoms with Crippen LogP contribution in [-0.2, 0) is 42.9 Å². The average molecular weight is 1020 g/mol. The Labute approximate surface area is 405 Å². The number of nitrogens with zero attached hydrogens (tertiary/aromatic N) is 1. The molecule has 2 bridgehead atoms. The van der Waals surface area contributed by atoms with Gasteiger partial charge in [0.15, 0.2) is 5.78 Å². The maximum atomic E-state index is 14.5. The zero-order valence-electron chi connectivity index (χ0n) is 41.8. The third-order valence-corrected chi connectivity index (χ3v) is 17.0. The molecule has 3 aliphatic heterocycles. The number of methoxy groups -OCH3 is 3. The summed E-state index contributed by atoms with van der Waals surface area (Å²) in [7, 11) is 5.02. The molecule has 4 aliphatic rings. The first-order valence-corrected chi connectivity index (χ1v) is 25.9. The molecule has 2 saturated heterocycles. The van der Waals surface area contributed by atoms with Crippen LogP contribution in [0.4, 0.5) is 0 Å². The number of halogens is 1. The molecule has 0 spiro atoms. The van der Waals surface area contributed by atoms with Gasteiger partial charge in [-0.3, -0.25) is 14.4 Å². The number of allylic oxidation sites excluding steroid dienone is 6. The molecular formula is C53H84INO10. The second-order valence-corrected chi connectivity index (χ2v) is 22.1. The van der Waals surface area contributed by atoms with Crippen LogP contribution in [0.1, 0.15) is 139 Å². The molecule has 3 heterocycles. The maximum Gasteiger partial charge on any atom is 0.329 e. The van der Waals surface area contributed by atoms with Crippen LogP contribution in [0.25, 0.3) is 0 Å². The molecule has 4 rings (SSSR count). The molecule has 1 saturated carbocycles. The van der Waals surface area contributed by atoms with E-state index >= 15 is 0 Å². The Hall–Kier alpha value is -2.23. The smallest absolute Gasteiger partial charge is 0.329 e. The van der Waals surface area contributed by atoms with Crippen molar-refractivity contribution in [3.05, 3.63) is 47.6 Å². The summed E-state index contributed by atoms with van der Waals surface area (Å²) in [6.07, 6.45) is 18.8. The van der Waals surface area contributed by atoms with Crippen molar-refractivity contribution in [1.82, 2.24) is 4.90 Å². The Morgan fingerprint density at radius 1 is 0.846 bits per heavy atom. The van der Waals surface area contributed by atoms with Gasteiger partial charge >= 0.3 is 5.97 Å². The summed E-state index contributed by atoms with van der Waals surface area (Å²) in [5, 5.41) is 12.0. The summed E-state index contributed by atoms with van der Waals surface area (Å²) < 4.78 is 30.5. The van der Waals surface area contributed by atoms with E-state index in [0.29, 0.717) is 63.2 Å². The van der Waals surface area contributed by atoms with E-state index in [0.717, 1.165) is 36.8 Å². The van der Waals surface area contributed by atoms with Gasteiger partial charge in [-0.25, -0.2) is 4.79 Å². The summed E-state index contributed by atoms with van der Waals surface area (Å²) in [4.78, 5) is 58.4. The highest BCUT2D eigenvalue weighted by molar-refractivity contribution is 14.1. The van der Waals surface area contributed by atoms with Crippen LogP contribution in [-0.4, -0.2) is 108 Å². The van der Waals surface area contributed by atoms with Crippen molar-refractivity contribution in [3.63, 3.8) is 0 Å². The number of cyclic esters (lactones) is 1. The van der Waals surface area contributed by atoms with Crippen LogP contribution >= 0.6 is 22.6 Å². The second-order valence-electron chi connectivity index (χ2n) is 20.5. The lowest BCUT2D eigenvalue weighted by Crippen LogP contribution is -2.61. The molecule has 1 N–H and O–H groups in total. The highest BCUT2D eigenvalue weighted by Gasteiger charge is 2.53. The largest absolute Gasteiger partial charge is 0.461 e. The van der Waals surface area contributed by atoms with Gasteiger partial charge in [-0.05, 0) is 120 Å².